The molecular formula is C12H19IN2. The first-order chi connectivity index (χ1) is 6.82. The van der Waals surface area contributed by atoms with Crippen LogP contribution >= 0.6 is 22.6 Å². The number of hydrogen-bond donors (Lipinski definition) is 2. The van der Waals surface area contributed by atoms with Gasteiger partial charge in [-0.05, 0) is 31.9 Å². The number of rotatable bonds is 3. The normalized spacial score (nSPS) is 16.1. The maximum absolute atomic E-state index is 6.07. The maximum Gasteiger partial charge on any atom is 0.0507 e. The van der Waals surface area contributed by atoms with E-state index in [1.54, 1.807) is 0 Å². The molecule has 1 unspecified atom stereocenters. The molecule has 1 aromatic rings. The summed E-state index contributed by atoms with van der Waals surface area (Å²) in [4.78, 5) is 0. The average molecular weight is 318 g/mol. The van der Waals surface area contributed by atoms with Gasteiger partial charge in [0.25, 0.3) is 0 Å². The lowest BCUT2D eigenvalue weighted by Crippen LogP contribution is -2.29. The molecule has 0 amide bonds. The quantitative estimate of drug-likeness (QED) is 0.665. The van der Waals surface area contributed by atoms with Crippen molar-refractivity contribution in [3.63, 3.8) is 0 Å². The molecule has 0 heterocycles. The van der Waals surface area contributed by atoms with Gasteiger partial charge in [0.15, 0.2) is 0 Å². The first kappa shape index (κ1) is 12.9. The molecule has 1 aromatic carbocycles. The van der Waals surface area contributed by atoms with Crippen LogP contribution in [0.25, 0.3) is 0 Å². The van der Waals surface area contributed by atoms with E-state index in [-0.39, 0.29) is 11.6 Å². The van der Waals surface area contributed by atoms with Crippen molar-refractivity contribution in [1.29, 1.82) is 0 Å². The number of benzene rings is 1. The molecule has 0 saturated carbocycles. The van der Waals surface area contributed by atoms with E-state index in [0.29, 0.717) is 3.92 Å². The third-order valence-corrected chi connectivity index (χ3v) is 4.26. The van der Waals surface area contributed by atoms with E-state index < -0.39 is 0 Å². The zero-order valence-corrected chi connectivity index (χ0v) is 11.7. The molecule has 0 aliphatic heterocycles. The summed E-state index contributed by atoms with van der Waals surface area (Å²) in [6, 6.07) is 8.53. The van der Waals surface area contributed by atoms with Crippen molar-refractivity contribution in [2.24, 2.45) is 11.5 Å². The highest BCUT2D eigenvalue weighted by atomic mass is 127. The average Bonchev–Trinajstić information content (AvgIpc) is 2.15. The summed E-state index contributed by atoms with van der Waals surface area (Å²) in [5, 5.41) is 0. The Labute approximate surface area is 106 Å². The second-order valence-corrected chi connectivity index (χ2v) is 5.95. The van der Waals surface area contributed by atoms with Gasteiger partial charge in [-0.1, -0.05) is 46.9 Å². The fourth-order valence-corrected chi connectivity index (χ4v) is 1.80. The Morgan fingerprint density at radius 3 is 2.40 bits per heavy atom. The minimum Gasteiger partial charge on any atom is -0.327 e. The highest BCUT2D eigenvalue weighted by Gasteiger charge is 2.17. The molecule has 1 rings (SSSR count). The lowest BCUT2D eigenvalue weighted by Gasteiger charge is -2.22. The summed E-state index contributed by atoms with van der Waals surface area (Å²) in [6.07, 6.45) is 0. The molecule has 0 aliphatic carbocycles. The monoisotopic (exact) mass is 318 g/mol. The Kier molecular flexibility index (Phi) is 4.14. The van der Waals surface area contributed by atoms with Gasteiger partial charge in [-0.2, -0.15) is 0 Å². The molecule has 2 atom stereocenters. The topological polar surface area (TPSA) is 52.0 Å². The zero-order valence-electron chi connectivity index (χ0n) is 9.50. The van der Waals surface area contributed by atoms with Crippen LogP contribution in [0.5, 0.6) is 0 Å². The van der Waals surface area contributed by atoms with Gasteiger partial charge in [0.1, 0.15) is 0 Å². The van der Waals surface area contributed by atoms with Crippen molar-refractivity contribution in [2.45, 2.75) is 36.3 Å². The minimum absolute atomic E-state index is 0.154. The molecule has 15 heavy (non-hydrogen) atoms. The van der Waals surface area contributed by atoms with Gasteiger partial charge < -0.3 is 11.5 Å². The predicted octanol–water partition coefficient (Wildman–Crippen LogP) is 2.70. The van der Waals surface area contributed by atoms with E-state index in [2.05, 4.69) is 40.8 Å². The molecular weight excluding hydrogens is 299 g/mol. The first-order valence-electron chi connectivity index (χ1n) is 5.11. The predicted molar refractivity (Wildman–Crippen MR) is 74.1 cm³/mol. The van der Waals surface area contributed by atoms with Crippen molar-refractivity contribution in [3.05, 3.63) is 35.4 Å². The molecule has 0 saturated heterocycles. The number of hydrogen-bond acceptors (Lipinski definition) is 2. The Bertz CT molecular complexity index is 329. The van der Waals surface area contributed by atoms with Crippen LogP contribution in [0.4, 0.5) is 0 Å². The summed E-state index contributed by atoms with van der Waals surface area (Å²) in [5.41, 5.74) is 14.1. The highest BCUT2D eigenvalue weighted by Crippen LogP contribution is 2.28. The van der Waals surface area contributed by atoms with Crippen LogP contribution in [0.3, 0.4) is 0 Å². The van der Waals surface area contributed by atoms with Gasteiger partial charge in [-0.15, -0.1) is 0 Å². The first-order valence-corrected chi connectivity index (χ1v) is 6.36. The standard InChI is InChI=1S/C12H19IN2/c1-8(14)11(13)9-5-4-6-10(7-9)12(2,3)15/h4-8,11H,14-15H2,1-3H3/t8?,11-/m1/s1. The molecule has 0 bridgehead atoms. The van der Waals surface area contributed by atoms with Gasteiger partial charge in [0.2, 0.25) is 0 Å². The van der Waals surface area contributed by atoms with Gasteiger partial charge >= 0.3 is 0 Å². The number of nitrogens with two attached hydrogens (primary N) is 2. The van der Waals surface area contributed by atoms with Crippen molar-refractivity contribution in [2.75, 3.05) is 0 Å². The second kappa shape index (κ2) is 4.80. The van der Waals surface area contributed by atoms with Crippen LogP contribution in [0.15, 0.2) is 24.3 Å². The lowest BCUT2D eigenvalue weighted by atomic mass is 9.93. The second-order valence-electron chi connectivity index (χ2n) is 4.61. The Morgan fingerprint density at radius 1 is 1.33 bits per heavy atom. The van der Waals surface area contributed by atoms with Crippen LogP contribution in [-0.2, 0) is 5.54 Å². The fourth-order valence-electron chi connectivity index (χ4n) is 1.41. The summed E-state index contributed by atoms with van der Waals surface area (Å²) in [6.45, 7) is 6.05. The maximum atomic E-state index is 6.07. The Morgan fingerprint density at radius 2 is 1.93 bits per heavy atom. The largest absolute Gasteiger partial charge is 0.327 e. The summed E-state index contributed by atoms with van der Waals surface area (Å²) in [5.74, 6) is 0. The van der Waals surface area contributed by atoms with E-state index in [1.807, 2.05) is 26.8 Å². The molecule has 0 aliphatic rings. The van der Waals surface area contributed by atoms with Gasteiger partial charge in [-0.3, -0.25) is 0 Å². The van der Waals surface area contributed by atoms with Crippen molar-refractivity contribution < 1.29 is 0 Å². The molecule has 0 aromatic heterocycles. The molecule has 0 radical (unpaired) electrons. The molecule has 84 valence electrons. The number of halogens is 1. The van der Waals surface area contributed by atoms with Crippen LogP contribution in [0.2, 0.25) is 0 Å². The van der Waals surface area contributed by atoms with E-state index >= 15 is 0 Å². The molecule has 0 fully saturated rings. The minimum atomic E-state index is -0.287. The van der Waals surface area contributed by atoms with Crippen molar-refractivity contribution in [3.8, 4) is 0 Å². The Balaban J connectivity index is 3.03. The van der Waals surface area contributed by atoms with E-state index in [9.17, 15) is 0 Å². The molecule has 2 nitrogen and oxygen atoms in total. The van der Waals surface area contributed by atoms with E-state index in [0.717, 1.165) is 5.56 Å². The number of alkyl halides is 1. The van der Waals surface area contributed by atoms with E-state index in [4.69, 9.17) is 11.5 Å². The SMILES string of the molecule is CC(N)[C@@H](I)c1cccc(C(C)(C)N)c1. The lowest BCUT2D eigenvalue weighted by molar-refractivity contribution is 0.553. The third-order valence-electron chi connectivity index (χ3n) is 2.41. The molecule has 0 spiro atoms. The van der Waals surface area contributed by atoms with Crippen LogP contribution in [-0.4, -0.2) is 6.04 Å². The van der Waals surface area contributed by atoms with Crippen LogP contribution in [0, 0.1) is 0 Å². The van der Waals surface area contributed by atoms with Gasteiger partial charge in [0, 0.05) is 11.6 Å². The summed E-state index contributed by atoms with van der Waals surface area (Å²) < 4.78 is 0.338. The van der Waals surface area contributed by atoms with Crippen molar-refractivity contribution >= 4 is 22.6 Å². The Hall–Kier alpha value is -0.130. The van der Waals surface area contributed by atoms with Crippen molar-refractivity contribution in [1.82, 2.24) is 0 Å². The van der Waals surface area contributed by atoms with Crippen LogP contribution < -0.4 is 11.5 Å². The fraction of sp³-hybridized carbons (Fsp3) is 0.500. The summed E-state index contributed by atoms with van der Waals surface area (Å²) >= 11 is 2.38. The highest BCUT2D eigenvalue weighted by molar-refractivity contribution is 14.1. The zero-order chi connectivity index (χ0) is 11.6. The molecule has 4 N–H and O–H groups in total. The van der Waals surface area contributed by atoms with Gasteiger partial charge in [0.05, 0.1) is 3.92 Å². The smallest absolute Gasteiger partial charge is 0.0507 e. The van der Waals surface area contributed by atoms with Crippen LogP contribution in [0.1, 0.15) is 35.8 Å². The molecule has 3 heteroatoms. The van der Waals surface area contributed by atoms with E-state index in [1.165, 1.54) is 5.56 Å². The van der Waals surface area contributed by atoms with Gasteiger partial charge in [-0.25, -0.2) is 0 Å². The third kappa shape index (κ3) is 3.43. The summed E-state index contributed by atoms with van der Waals surface area (Å²) in [7, 11) is 0.